The van der Waals surface area contributed by atoms with E-state index in [0.717, 1.165) is 23.5 Å². The van der Waals surface area contributed by atoms with E-state index in [9.17, 15) is 0 Å². The molecule has 17 heavy (non-hydrogen) atoms. The first-order chi connectivity index (χ1) is 8.13. The molecule has 1 aromatic rings. The average Bonchev–Trinajstić information content (AvgIpc) is 2.30. The molecule has 0 saturated carbocycles. The monoisotopic (exact) mass is 254 g/mol. The van der Waals surface area contributed by atoms with Crippen LogP contribution in [0.1, 0.15) is 19.4 Å². The molecule has 5 N–H and O–H groups in total. The summed E-state index contributed by atoms with van der Waals surface area (Å²) in [5, 5.41) is 0. The van der Waals surface area contributed by atoms with E-state index in [2.05, 4.69) is 24.3 Å². The van der Waals surface area contributed by atoms with Crippen LogP contribution >= 0.6 is 11.8 Å². The minimum absolute atomic E-state index is 0.241. The van der Waals surface area contributed by atoms with E-state index in [4.69, 9.17) is 11.6 Å². The van der Waals surface area contributed by atoms with Crippen LogP contribution in [0.5, 0.6) is 0 Å². The predicted octanol–water partition coefficient (Wildman–Crippen LogP) is 1.43. The first kappa shape index (κ1) is 14.3. The van der Waals surface area contributed by atoms with E-state index >= 15 is 0 Å². The summed E-state index contributed by atoms with van der Waals surface area (Å²) in [5.74, 6) is 9.01. The van der Waals surface area contributed by atoms with Gasteiger partial charge < -0.3 is 5.73 Å². The molecule has 96 valence electrons. The normalized spacial score (nSPS) is 12.9. The largest absolute Gasteiger partial charge is 0.383 e. The van der Waals surface area contributed by atoms with Crippen molar-refractivity contribution in [3.63, 3.8) is 0 Å². The predicted molar refractivity (Wildman–Crippen MR) is 75.6 cm³/mol. The maximum atomic E-state index is 5.81. The molecule has 0 aliphatic rings. The van der Waals surface area contributed by atoms with Crippen molar-refractivity contribution in [2.45, 2.75) is 26.3 Å². The second-order valence-corrected chi connectivity index (χ2v) is 5.62. The van der Waals surface area contributed by atoms with Crippen LogP contribution in [0.15, 0.2) is 18.3 Å². The van der Waals surface area contributed by atoms with Crippen LogP contribution in [0.25, 0.3) is 0 Å². The van der Waals surface area contributed by atoms with E-state index in [1.54, 1.807) is 6.20 Å². The van der Waals surface area contributed by atoms with Gasteiger partial charge in [-0.2, -0.15) is 11.8 Å². The van der Waals surface area contributed by atoms with Crippen molar-refractivity contribution in [1.29, 1.82) is 0 Å². The van der Waals surface area contributed by atoms with Crippen molar-refractivity contribution < 1.29 is 0 Å². The van der Waals surface area contributed by atoms with Crippen molar-refractivity contribution in [1.82, 2.24) is 10.4 Å². The second-order valence-electron chi connectivity index (χ2n) is 4.55. The molecule has 0 aromatic carbocycles. The number of nitrogens with two attached hydrogens (primary N) is 2. The number of nitrogens with one attached hydrogen (secondary N) is 1. The minimum Gasteiger partial charge on any atom is -0.383 e. The van der Waals surface area contributed by atoms with Crippen LogP contribution < -0.4 is 17.0 Å². The third-order valence-corrected chi connectivity index (χ3v) is 3.94. The molecule has 0 bridgehead atoms. The molecule has 4 nitrogen and oxygen atoms in total. The summed E-state index contributed by atoms with van der Waals surface area (Å²) in [6.45, 7) is 4.44. The lowest BCUT2D eigenvalue weighted by Crippen LogP contribution is -2.39. The SMILES string of the molecule is CC(C)CSCC(Cc1cccnc1N)NN. The quantitative estimate of drug-likeness (QED) is 0.507. The average molecular weight is 254 g/mol. The Morgan fingerprint density at radius 2 is 2.18 bits per heavy atom. The number of rotatable bonds is 7. The Hall–Kier alpha value is -0.780. The first-order valence-electron chi connectivity index (χ1n) is 5.86. The van der Waals surface area contributed by atoms with Crippen molar-refractivity contribution in [3.8, 4) is 0 Å². The van der Waals surface area contributed by atoms with Gasteiger partial charge in [-0.25, -0.2) is 4.98 Å². The molecule has 1 unspecified atom stereocenters. The molecule has 1 heterocycles. The maximum Gasteiger partial charge on any atom is 0.126 e. The summed E-state index contributed by atoms with van der Waals surface area (Å²) >= 11 is 1.92. The van der Waals surface area contributed by atoms with Gasteiger partial charge in [-0.3, -0.25) is 11.3 Å². The summed E-state index contributed by atoms with van der Waals surface area (Å²) in [6, 6.07) is 4.14. The Kier molecular flexibility index (Phi) is 6.32. The molecular formula is C12H22N4S. The molecule has 5 heteroatoms. The second kappa shape index (κ2) is 7.53. The zero-order valence-electron chi connectivity index (χ0n) is 10.5. The molecule has 0 saturated heterocycles. The van der Waals surface area contributed by atoms with Gasteiger partial charge in [0, 0.05) is 18.0 Å². The zero-order valence-corrected chi connectivity index (χ0v) is 11.3. The molecule has 0 amide bonds. The molecule has 1 rings (SSSR count). The number of anilines is 1. The number of nitrogens with zero attached hydrogens (tertiary/aromatic N) is 1. The van der Waals surface area contributed by atoms with Crippen molar-refractivity contribution >= 4 is 17.6 Å². The van der Waals surface area contributed by atoms with Crippen LogP contribution in [-0.4, -0.2) is 22.5 Å². The standard InChI is InChI=1S/C12H22N4S/c1-9(2)7-17-8-11(16-14)6-10-4-3-5-15-12(10)13/h3-5,9,11,16H,6-8,14H2,1-2H3,(H2,13,15). The van der Waals surface area contributed by atoms with Gasteiger partial charge >= 0.3 is 0 Å². The Morgan fingerprint density at radius 1 is 1.41 bits per heavy atom. The van der Waals surface area contributed by atoms with Gasteiger partial charge in [-0.05, 0) is 29.7 Å². The highest BCUT2D eigenvalue weighted by Crippen LogP contribution is 2.14. The Morgan fingerprint density at radius 3 is 2.76 bits per heavy atom. The highest BCUT2D eigenvalue weighted by atomic mass is 32.2. The van der Waals surface area contributed by atoms with Crippen LogP contribution in [-0.2, 0) is 6.42 Å². The molecule has 0 aliphatic carbocycles. The molecule has 1 aromatic heterocycles. The number of pyridine rings is 1. The van der Waals surface area contributed by atoms with Gasteiger partial charge in [0.2, 0.25) is 0 Å². The number of hydrazine groups is 1. The lowest BCUT2D eigenvalue weighted by molar-refractivity contribution is 0.575. The number of hydrogen-bond donors (Lipinski definition) is 3. The summed E-state index contributed by atoms with van der Waals surface area (Å²) in [5.41, 5.74) is 9.72. The fourth-order valence-corrected chi connectivity index (χ4v) is 2.61. The minimum atomic E-state index is 0.241. The van der Waals surface area contributed by atoms with Crippen molar-refractivity contribution in [2.24, 2.45) is 11.8 Å². The van der Waals surface area contributed by atoms with Gasteiger partial charge in [-0.1, -0.05) is 19.9 Å². The lowest BCUT2D eigenvalue weighted by Gasteiger charge is -2.16. The fraction of sp³-hybridized carbons (Fsp3) is 0.583. The van der Waals surface area contributed by atoms with Gasteiger partial charge in [0.1, 0.15) is 5.82 Å². The van der Waals surface area contributed by atoms with Gasteiger partial charge in [-0.15, -0.1) is 0 Å². The van der Waals surface area contributed by atoms with E-state index in [1.165, 1.54) is 0 Å². The van der Waals surface area contributed by atoms with E-state index < -0.39 is 0 Å². The Bertz CT molecular complexity index is 330. The fourth-order valence-electron chi connectivity index (χ4n) is 1.50. The van der Waals surface area contributed by atoms with Crippen LogP contribution in [0.2, 0.25) is 0 Å². The number of thioether (sulfide) groups is 1. The smallest absolute Gasteiger partial charge is 0.126 e. The summed E-state index contributed by atoms with van der Waals surface area (Å²) < 4.78 is 0. The summed E-state index contributed by atoms with van der Waals surface area (Å²) in [6.07, 6.45) is 2.53. The van der Waals surface area contributed by atoms with Crippen LogP contribution in [0.4, 0.5) is 5.82 Å². The third-order valence-electron chi connectivity index (χ3n) is 2.40. The highest BCUT2D eigenvalue weighted by molar-refractivity contribution is 7.99. The van der Waals surface area contributed by atoms with Gasteiger partial charge in [0.15, 0.2) is 0 Å². The van der Waals surface area contributed by atoms with Gasteiger partial charge in [0.25, 0.3) is 0 Å². The molecule has 0 spiro atoms. The Labute approximate surface area is 108 Å². The molecule has 0 aliphatic heterocycles. The number of aromatic nitrogens is 1. The van der Waals surface area contributed by atoms with Crippen molar-refractivity contribution in [2.75, 3.05) is 17.2 Å². The highest BCUT2D eigenvalue weighted by Gasteiger charge is 2.10. The van der Waals surface area contributed by atoms with Crippen LogP contribution in [0, 0.1) is 5.92 Å². The number of nitrogen functional groups attached to an aromatic ring is 1. The maximum absolute atomic E-state index is 5.81. The molecular weight excluding hydrogens is 232 g/mol. The zero-order chi connectivity index (χ0) is 12.7. The molecule has 0 fully saturated rings. The first-order valence-corrected chi connectivity index (χ1v) is 7.02. The molecule has 1 atom stereocenters. The summed E-state index contributed by atoms with van der Waals surface area (Å²) in [7, 11) is 0. The Balaban J connectivity index is 2.44. The number of hydrogen-bond acceptors (Lipinski definition) is 5. The molecule has 0 radical (unpaired) electrons. The summed E-state index contributed by atoms with van der Waals surface area (Å²) in [4.78, 5) is 4.08. The van der Waals surface area contributed by atoms with E-state index in [-0.39, 0.29) is 6.04 Å². The van der Waals surface area contributed by atoms with Crippen molar-refractivity contribution in [3.05, 3.63) is 23.9 Å². The van der Waals surface area contributed by atoms with Crippen LogP contribution in [0.3, 0.4) is 0 Å². The lowest BCUT2D eigenvalue weighted by atomic mass is 10.1. The third kappa shape index (κ3) is 5.39. The van der Waals surface area contributed by atoms with Gasteiger partial charge in [0.05, 0.1) is 0 Å². The van der Waals surface area contributed by atoms with E-state index in [0.29, 0.717) is 11.7 Å². The van der Waals surface area contributed by atoms with E-state index in [1.807, 2.05) is 23.9 Å². The topological polar surface area (TPSA) is 77.0 Å².